The van der Waals surface area contributed by atoms with Gasteiger partial charge < -0.3 is 14.4 Å². The van der Waals surface area contributed by atoms with Crippen molar-refractivity contribution in [3.05, 3.63) is 0 Å². The Morgan fingerprint density at radius 2 is 1.76 bits per heavy atom. The van der Waals surface area contributed by atoms with Crippen molar-refractivity contribution in [3.8, 4) is 0 Å². The Hall–Kier alpha value is -0.660. The van der Waals surface area contributed by atoms with Gasteiger partial charge in [-0.2, -0.15) is 0 Å². The maximum atomic E-state index is 12.6. The van der Waals surface area contributed by atoms with Crippen LogP contribution >= 0.6 is 0 Å². The van der Waals surface area contributed by atoms with Crippen molar-refractivity contribution in [2.45, 2.75) is 83.8 Å². The van der Waals surface area contributed by atoms with Gasteiger partial charge in [-0.15, -0.1) is 0 Å². The van der Waals surface area contributed by atoms with E-state index in [9.17, 15) is 9.00 Å². The van der Waals surface area contributed by atoms with Crippen LogP contribution in [-0.4, -0.2) is 57.4 Å². The molecule has 25 heavy (non-hydrogen) atoms. The van der Waals surface area contributed by atoms with E-state index in [0.29, 0.717) is 19.7 Å². The molecule has 2 aliphatic heterocycles. The van der Waals surface area contributed by atoms with Crippen LogP contribution in [0.25, 0.3) is 0 Å². The number of piperidine rings is 1. The van der Waals surface area contributed by atoms with Crippen LogP contribution in [0.2, 0.25) is 0 Å². The van der Waals surface area contributed by atoms with Gasteiger partial charge in [-0.1, -0.05) is 0 Å². The molecular weight excluding hydrogens is 340 g/mol. The molecule has 2 heterocycles. The van der Waals surface area contributed by atoms with Crippen LogP contribution in [0.1, 0.15) is 61.3 Å². The van der Waals surface area contributed by atoms with E-state index in [1.54, 1.807) is 4.90 Å². The number of hydrogen-bond donors (Lipinski definition) is 1. The lowest BCUT2D eigenvalue weighted by Crippen LogP contribution is -2.55. The molecule has 1 N–H and O–H groups in total. The molecule has 2 saturated heterocycles. The molecule has 7 heteroatoms. The van der Waals surface area contributed by atoms with Crippen molar-refractivity contribution in [1.82, 2.24) is 9.62 Å². The summed E-state index contributed by atoms with van der Waals surface area (Å²) >= 11 is 0. The van der Waals surface area contributed by atoms with E-state index in [2.05, 4.69) is 4.72 Å². The molecule has 1 amide bonds. The number of rotatable bonds is 2. The number of carbonyl (C=O) groups excluding carboxylic acids is 1. The van der Waals surface area contributed by atoms with E-state index in [1.165, 1.54) is 0 Å². The molecule has 0 aromatic carbocycles. The minimum Gasteiger partial charge on any atom is -0.444 e. The summed E-state index contributed by atoms with van der Waals surface area (Å²) in [6.07, 6.45) is 1.42. The summed E-state index contributed by atoms with van der Waals surface area (Å²) in [6, 6.07) is 0.0355. The first-order valence-electron chi connectivity index (χ1n) is 9.12. The standard InChI is InChI=1S/C18H34N2O4S/c1-13-14(19-25(22)17(5,6)7)18(12-23-13)8-10-20(11-9-18)15(21)24-16(2,3)4/h13-14,19H,8-12H2,1-7H3/t13-,14-,25-/m0/s1. The molecule has 146 valence electrons. The average molecular weight is 375 g/mol. The van der Waals surface area contributed by atoms with Crippen LogP contribution in [0.15, 0.2) is 0 Å². The monoisotopic (exact) mass is 374 g/mol. The van der Waals surface area contributed by atoms with Gasteiger partial charge in [0.15, 0.2) is 0 Å². The SMILES string of the molecule is C[C@@H]1OCC2(CCN(C(=O)OC(C)(C)C)CC2)[C@H]1N[S@@](=O)C(C)(C)C. The summed E-state index contributed by atoms with van der Waals surface area (Å²) in [7, 11) is -1.14. The summed E-state index contributed by atoms with van der Waals surface area (Å²) < 4.78 is 27.0. The molecule has 3 atom stereocenters. The van der Waals surface area contributed by atoms with Crippen LogP contribution < -0.4 is 4.72 Å². The molecule has 2 aliphatic rings. The van der Waals surface area contributed by atoms with Crippen LogP contribution in [0.5, 0.6) is 0 Å². The van der Waals surface area contributed by atoms with Crippen LogP contribution in [-0.2, 0) is 20.5 Å². The largest absolute Gasteiger partial charge is 0.444 e. The number of amides is 1. The van der Waals surface area contributed by atoms with Gasteiger partial charge in [0.25, 0.3) is 0 Å². The van der Waals surface area contributed by atoms with Crippen molar-refractivity contribution >= 4 is 17.1 Å². The Morgan fingerprint density at radius 3 is 2.24 bits per heavy atom. The lowest BCUT2D eigenvalue weighted by molar-refractivity contribution is 0.00648. The lowest BCUT2D eigenvalue weighted by atomic mass is 9.73. The number of hydrogen-bond acceptors (Lipinski definition) is 4. The first-order valence-corrected chi connectivity index (χ1v) is 10.3. The van der Waals surface area contributed by atoms with Crippen molar-refractivity contribution in [3.63, 3.8) is 0 Å². The molecule has 0 aliphatic carbocycles. The molecule has 6 nitrogen and oxygen atoms in total. The highest BCUT2D eigenvalue weighted by atomic mass is 32.2. The van der Waals surface area contributed by atoms with E-state index in [0.717, 1.165) is 12.8 Å². The van der Waals surface area contributed by atoms with Gasteiger partial charge in [0.05, 0.1) is 34.5 Å². The van der Waals surface area contributed by atoms with Crippen LogP contribution in [0, 0.1) is 5.41 Å². The van der Waals surface area contributed by atoms with E-state index in [-0.39, 0.29) is 28.4 Å². The summed E-state index contributed by atoms with van der Waals surface area (Å²) in [5.41, 5.74) is -0.552. The third kappa shape index (κ3) is 4.95. The zero-order valence-electron chi connectivity index (χ0n) is 16.7. The average Bonchev–Trinajstić information content (AvgIpc) is 2.75. The fourth-order valence-electron chi connectivity index (χ4n) is 3.41. The molecule has 0 aromatic rings. The number of nitrogens with one attached hydrogen (secondary N) is 1. The van der Waals surface area contributed by atoms with Gasteiger partial charge in [0.2, 0.25) is 0 Å². The molecule has 1 spiro atoms. The fraction of sp³-hybridized carbons (Fsp3) is 0.944. The van der Waals surface area contributed by atoms with Gasteiger partial charge in [0.1, 0.15) is 5.60 Å². The van der Waals surface area contributed by atoms with Crippen molar-refractivity contribution in [1.29, 1.82) is 0 Å². The molecule has 0 bridgehead atoms. The highest BCUT2D eigenvalue weighted by molar-refractivity contribution is 7.84. The smallest absolute Gasteiger partial charge is 0.410 e. The summed E-state index contributed by atoms with van der Waals surface area (Å²) in [6.45, 7) is 15.5. The Bertz CT molecular complexity index is 516. The summed E-state index contributed by atoms with van der Waals surface area (Å²) in [5.74, 6) is 0. The van der Waals surface area contributed by atoms with Crippen molar-refractivity contribution in [2.75, 3.05) is 19.7 Å². The second kappa shape index (κ2) is 7.16. The number of carbonyl (C=O) groups is 1. The molecule has 2 rings (SSSR count). The van der Waals surface area contributed by atoms with Gasteiger partial charge >= 0.3 is 6.09 Å². The zero-order valence-corrected chi connectivity index (χ0v) is 17.5. The summed E-state index contributed by atoms with van der Waals surface area (Å²) in [5, 5.41) is 0. The van der Waals surface area contributed by atoms with Gasteiger partial charge in [-0.3, -0.25) is 0 Å². The first kappa shape index (κ1) is 20.6. The number of ether oxygens (including phenoxy) is 2. The molecule has 0 radical (unpaired) electrons. The molecule has 2 fully saturated rings. The summed E-state index contributed by atoms with van der Waals surface area (Å²) in [4.78, 5) is 14.1. The van der Waals surface area contributed by atoms with E-state index in [4.69, 9.17) is 9.47 Å². The second-order valence-electron chi connectivity index (χ2n) is 9.32. The second-order valence-corrected chi connectivity index (χ2v) is 11.3. The maximum absolute atomic E-state index is 12.6. The lowest BCUT2D eigenvalue weighted by Gasteiger charge is -2.43. The predicted octanol–water partition coefficient (Wildman–Crippen LogP) is 2.84. The van der Waals surface area contributed by atoms with E-state index >= 15 is 0 Å². The van der Waals surface area contributed by atoms with Crippen LogP contribution in [0.3, 0.4) is 0 Å². The van der Waals surface area contributed by atoms with Crippen molar-refractivity contribution in [2.24, 2.45) is 5.41 Å². The third-order valence-corrected chi connectivity index (χ3v) is 6.54. The Morgan fingerprint density at radius 1 is 1.20 bits per heavy atom. The molecule has 0 unspecified atom stereocenters. The first-order chi connectivity index (χ1) is 11.3. The highest BCUT2D eigenvalue weighted by Gasteiger charge is 2.51. The third-order valence-electron chi connectivity index (χ3n) is 4.96. The zero-order chi connectivity index (χ0) is 19.0. The minimum atomic E-state index is -1.14. The minimum absolute atomic E-state index is 0.0133. The fourth-order valence-corrected chi connectivity index (χ4v) is 4.44. The quantitative estimate of drug-likeness (QED) is 0.807. The topological polar surface area (TPSA) is 67.9 Å². The Balaban J connectivity index is 2.02. The Labute approximate surface area is 154 Å². The maximum Gasteiger partial charge on any atom is 0.410 e. The molecular formula is C18H34N2O4S. The normalized spacial score (nSPS) is 28.2. The predicted molar refractivity (Wildman–Crippen MR) is 99.7 cm³/mol. The van der Waals surface area contributed by atoms with Crippen LogP contribution in [0.4, 0.5) is 4.79 Å². The van der Waals surface area contributed by atoms with E-state index < -0.39 is 16.6 Å². The van der Waals surface area contributed by atoms with Gasteiger partial charge in [-0.05, 0) is 61.3 Å². The number of nitrogens with zero attached hydrogens (tertiary/aromatic N) is 1. The van der Waals surface area contributed by atoms with Gasteiger partial charge in [0, 0.05) is 18.5 Å². The number of likely N-dealkylation sites (tertiary alicyclic amines) is 1. The molecule has 0 saturated carbocycles. The van der Waals surface area contributed by atoms with Crippen molar-refractivity contribution < 1.29 is 18.5 Å². The molecule has 0 aromatic heterocycles. The van der Waals surface area contributed by atoms with Gasteiger partial charge in [-0.25, -0.2) is 13.7 Å². The Kier molecular flexibility index (Phi) is 5.91. The van der Waals surface area contributed by atoms with E-state index in [1.807, 2.05) is 48.5 Å². The highest BCUT2D eigenvalue weighted by Crippen LogP contribution is 2.42.